The van der Waals surface area contributed by atoms with Crippen molar-refractivity contribution in [2.24, 2.45) is 0 Å². The molecule has 0 aliphatic carbocycles. The highest BCUT2D eigenvalue weighted by Gasteiger charge is 2.10. The van der Waals surface area contributed by atoms with E-state index in [9.17, 15) is 4.79 Å². The van der Waals surface area contributed by atoms with Crippen molar-refractivity contribution in [1.82, 2.24) is 5.32 Å². The van der Waals surface area contributed by atoms with Crippen molar-refractivity contribution in [2.75, 3.05) is 14.2 Å². The summed E-state index contributed by atoms with van der Waals surface area (Å²) in [5, 5.41) is 12.2. The predicted octanol–water partition coefficient (Wildman–Crippen LogP) is 2.09. The molecular formula is C14H12N2O3. The van der Waals surface area contributed by atoms with Crippen LogP contribution < -0.4 is 10.1 Å². The van der Waals surface area contributed by atoms with Gasteiger partial charge in [0.15, 0.2) is 11.3 Å². The molecule has 0 bridgehead atoms. The first kappa shape index (κ1) is 12.7. The Kier molecular flexibility index (Phi) is 3.53. The first-order valence-electron chi connectivity index (χ1n) is 5.60. The average molecular weight is 256 g/mol. The van der Waals surface area contributed by atoms with Gasteiger partial charge in [-0.3, -0.25) is 4.79 Å². The molecule has 0 fully saturated rings. The molecule has 2 aromatic rings. The highest BCUT2D eigenvalue weighted by atomic mass is 16.5. The Bertz CT molecular complexity index is 692. The zero-order valence-electron chi connectivity index (χ0n) is 10.6. The third-order valence-corrected chi connectivity index (χ3v) is 2.63. The van der Waals surface area contributed by atoms with Crippen molar-refractivity contribution >= 4 is 23.0 Å². The monoisotopic (exact) mass is 256 g/mol. The SMILES string of the molecule is CNC(=O)C(C#N)=Cc1cc2cccc(OC)c2o1. The zero-order chi connectivity index (χ0) is 13.8. The molecule has 1 aromatic heterocycles. The number of benzene rings is 1. The fraction of sp³-hybridized carbons (Fsp3) is 0.143. The second kappa shape index (κ2) is 5.27. The van der Waals surface area contributed by atoms with Crippen LogP contribution >= 0.6 is 0 Å². The number of para-hydroxylation sites is 1. The molecule has 1 amide bonds. The van der Waals surface area contributed by atoms with Gasteiger partial charge in [0.05, 0.1) is 7.11 Å². The Balaban J connectivity index is 2.50. The second-order valence-electron chi connectivity index (χ2n) is 3.78. The van der Waals surface area contributed by atoms with Crippen molar-refractivity contribution in [3.05, 3.63) is 35.6 Å². The van der Waals surface area contributed by atoms with E-state index in [2.05, 4.69) is 5.32 Å². The lowest BCUT2D eigenvalue weighted by molar-refractivity contribution is -0.116. The topological polar surface area (TPSA) is 75.3 Å². The van der Waals surface area contributed by atoms with Crippen LogP contribution in [0.4, 0.5) is 0 Å². The van der Waals surface area contributed by atoms with Crippen LogP contribution in [0.5, 0.6) is 5.75 Å². The van der Waals surface area contributed by atoms with E-state index in [0.29, 0.717) is 17.1 Å². The van der Waals surface area contributed by atoms with Crippen molar-refractivity contribution < 1.29 is 13.9 Å². The van der Waals surface area contributed by atoms with Crippen molar-refractivity contribution in [3.63, 3.8) is 0 Å². The van der Waals surface area contributed by atoms with E-state index < -0.39 is 5.91 Å². The Hall–Kier alpha value is -2.74. The minimum atomic E-state index is -0.449. The number of fused-ring (bicyclic) bond motifs is 1. The van der Waals surface area contributed by atoms with Gasteiger partial charge in [-0.15, -0.1) is 0 Å². The van der Waals surface area contributed by atoms with E-state index in [4.69, 9.17) is 14.4 Å². The minimum Gasteiger partial charge on any atom is -0.493 e. The summed E-state index contributed by atoms with van der Waals surface area (Å²) in [4.78, 5) is 11.4. The van der Waals surface area contributed by atoms with Crippen LogP contribution in [-0.4, -0.2) is 20.1 Å². The number of rotatable bonds is 3. The van der Waals surface area contributed by atoms with Gasteiger partial charge in [0.1, 0.15) is 17.4 Å². The van der Waals surface area contributed by atoms with Crippen molar-refractivity contribution in [3.8, 4) is 11.8 Å². The maximum absolute atomic E-state index is 11.4. The third-order valence-electron chi connectivity index (χ3n) is 2.63. The largest absolute Gasteiger partial charge is 0.493 e. The van der Waals surface area contributed by atoms with Crippen LogP contribution in [0.1, 0.15) is 5.76 Å². The first-order chi connectivity index (χ1) is 9.19. The standard InChI is InChI=1S/C14H12N2O3/c1-16-14(17)10(8-15)7-11-6-9-4-3-5-12(18-2)13(9)19-11/h3-7H,1-2H3,(H,16,17). The summed E-state index contributed by atoms with van der Waals surface area (Å²) < 4.78 is 10.8. The number of carbonyl (C=O) groups is 1. The number of nitrogens with zero attached hydrogens (tertiary/aromatic N) is 1. The predicted molar refractivity (Wildman–Crippen MR) is 70.4 cm³/mol. The minimum absolute atomic E-state index is 0.0134. The van der Waals surface area contributed by atoms with Gasteiger partial charge in [0, 0.05) is 18.5 Å². The molecule has 0 aliphatic rings. The Labute approximate surface area is 110 Å². The summed E-state index contributed by atoms with van der Waals surface area (Å²) in [5.41, 5.74) is 0.575. The number of furan rings is 1. The molecule has 0 unspecified atom stereocenters. The number of ether oxygens (including phenoxy) is 1. The quantitative estimate of drug-likeness (QED) is 0.674. The molecule has 0 radical (unpaired) electrons. The molecule has 5 nitrogen and oxygen atoms in total. The van der Waals surface area contributed by atoms with Crippen LogP contribution in [0, 0.1) is 11.3 Å². The number of likely N-dealkylation sites (N-methyl/N-ethyl adjacent to an activating group) is 1. The third kappa shape index (κ3) is 2.43. The van der Waals surface area contributed by atoms with Crippen LogP contribution in [-0.2, 0) is 4.79 Å². The van der Waals surface area contributed by atoms with Crippen LogP contribution in [0.2, 0.25) is 0 Å². The van der Waals surface area contributed by atoms with E-state index in [1.165, 1.54) is 13.1 Å². The molecule has 1 heterocycles. The van der Waals surface area contributed by atoms with E-state index in [1.54, 1.807) is 19.2 Å². The van der Waals surface area contributed by atoms with Crippen molar-refractivity contribution in [1.29, 1.82) is 5.26 Å². The Morgan fingerprint density at radius 3 is 2.95 bits per heavy atom. The lowest BCUT2D eigenvalue weighted by Crippen LogP contribution is -2.18. The van der Waals surface area contributed by atoms with Crippen LogP contribution in [0.15, 0.2) is 34.3 Å². The van der Waals surface area contributed by atoms with Crippen molar-refractivity contribution in [2.45, 2.75) is 0 Å². The molecule has 1 N–H and O–H groups in total. The average Bonchev–Trinajstić information content (AvgIpc) is 2.86. The summed E-state index contributed by atoms with van der Waals surface area (Å²) in [5.74, 6) is 0.588. The van der Waals surface area contributed by atoms with E-state index in [1.807, 2.05) is 18.2 Å². The lowest BCUT2D eigenvalue weighted by atomic mass is 10.2. The van der Waals surface area contributed by atoms with Gasteiger partial charge in [-0.2, -0.15) is 5.26 Å². The van der Waals surface area contributed by atoms with Crippen LogP contribution in [0.25, 0.3) is 17.0 Å². The van der Waals surface area contributed by atoms with E-state index >= 15 is 0 Å². The van der Waals surface area contributed by atoms with Gasteiger partial charge in [0.2, 0.25) is 0 Å². The Morgan fingerprint density at radius 2 is 2.32 bits per heavy atom. The number of carbonyl (C=O) groups excluding carboxylic acids is 1. The normalized spacial score (nSPS) is 11.1. The van der Waals surface area contributed by atoms with Gasteiger partial charge in [-0.05, 0) is 12.1 Å². The lowest BCUT2D eigenvalue weighted by Gasteiger charge is -1.98. The molecule has 19 heavy (non-hydrogen) atoms. The number of hydrogen-bond donors (Lipinski definition) is 1. The van der Waals surface area contributed by atoms with Gasteiger partial charge in [-0.25, -0.2) is 0 Å². The van der Waals surface area contributed by atoms with Gasteiger partial charge in [0.25, 0.3) is 5.91 Å². The van der Waals surface area contributed by atoms with Gasteiger partial charge >= 0.3 is 0 Å². The molecule has 5 heteroatoms. The summed E-state index contributed by atoms with van der Waals surface area (Å²) in [6.45, 7) is 0. The molecule has 0 saturated carbocycles. The number of nitriles is 1. The molecule has 96 valence electrons. The molecule has 0 atom stereocenters. The second-order valence-corrected chi connectivity index (χ2v) is 3.78. The highest BCUT2D eigenvalue weighted by Crippen LogP contribution is 2.29. The summed E-state index contributed by atoms with van der Waals surface area (Å²) >= 11 is 0. The smallest absolute Gasteiger partial charge is 0.261 e. The van der Waals surface area contributed by atoms with E-state index in [-0.39, 0.29) is 5.57 Å². The molecule has 2 rings (SSSR count). The fourth-order valence-corrected chi connectivity index (χ4v) is 1.71. The Morgan fingerprint density at radius 1 is 1.53 bits per heavy atom. The van der Waals surface area contributed by atoms with Crippen LogP contribution in [0.3, 0.4) is 0 Å². The molecular weight excluding hydrogens is 244 g/mol. The summed E-state index contributed by atoms with van der Waals surface area (Å²) in [6.07, 6.45) is 1.40. The summed E-state index contributed by atoms with van der Waals surface area (Å²) in [7, 11) is 3.02. The zero-order valence-corrected chi connectivity index (χ0v) is 10.6. The summed E-state index contributed by atoms with van der Waals surface area (Å²) in [6, 6.07) is 9.07. The van der Waals surface area contributed by atoms with Gasteiger partial charge in [-0.1, -0.05) is 12.1 Å². The van der Waals surface area contributed by atoms with E-state index in [0.717, 1.165) is 5.39 Å². The molecule has 0 aliphatic heterocycles. The molecule has 0 saturated heterocycles. The fourth-order valence-electron chi connectivity index (χ4n) is 1.71. The molecule has 1 aromatic carbocycles. The first-order valence-corrected chi connectivity index (χ1v) is 5.60. The number of hydrogen-bond acceptors (Lipinski definition) is 4. The van der Waals surface area contributed by atoms with Gasteiger partial charge < -0.3 is 14.5 Å². The maximum Gasteiger partial charge on any atom is 0.261 e. The molecule has 0 spiro atoms. The number of nitrogens with one attached hydrogen (secondary N) is 1. The number of amides is 1. The number of methoxy groups -OCH3 is 1. The maximum atomic E-state index is 11.4. The highest BCUT2D eigenvalue weighted by molar-refractivity contribution is 6.01.